The van der Waals surface area contributed by atoms with Crippen LogP contribution in [0.4, 0.5) is 4.79 Å². The van der Waals surface area contributed by atoms with Gasteiger partial charge in [-0.15, -0.1) is 0 Å². The molecule has 1 aliphatic carbocycles. The fraction of sp³-hybridized carbons (Fsp3) is 0.350. The van der Waals surface area contributed by atoms with Gasteiger partial charge in [-0.05, 0) is 24.5 Å². The fourth-order valence-electron chi connectivity index (χ4n) is 3.31. The normalized spacial score (nSPS) is 19.4. The van der Waals surface area contributed by atoms with E-state index in [0.29, 0.717) is 18.4 Å². The Morgan fingerprint density at radius 1 is 1.00 bits per heavy atom. The highest BCUT2D eigenvalue weighted by molar-refractivity contribution is 6.34. The van der Waals surface area contributed by atoms with Crippen LogP contribution in [0.5, 0.6) is 0 Å². The van der Waals surface area contributed by atoms with Crippen LogP contribution in [0.25, 0.3) is 6.08 Å². The lowest BCUT2D eigenvalue weighted by Gasteiger charge is -2.33. The quantitative estimate of drug-likeness (QED) is 0.381. The number of esters is 1. The molecule has 3 N–H and O–H groups in total. The predicted molar refractivity (Wildman–Crippen MR) is 101 cm³/mol. The number of barbiturate groups is 1. The summed E-state index contributed by atoms with van der Waals surface area (Å²) in [6.45, 7) is 0. The Morgan fingerprint density at radius 2 is 1.62 bits per heavy atom. The third kappa shape index (κ3) is 4.50. The topological polar surface area (TPSA) is 131 Å². The molecule has 9 heteroatoms. The van der Waals surface area contributed by atoms with Gasteiger partial charge >= 0.3 is 17.6 Å². The molecule has 9 nitrogen and oxygen atoms in total. The lowest BCUT2D eigenvalue weighted by molar-refractivity contribution is -0.177. The maximum atomic E-state index is 12.9. The Kier molecular flexibility index (Phi) is 6.06. The van der Waals surface area contributed by atoms with Gasteiger partial charge in [-0.3, -0.25) is 25.0 Å². The number of rotatable bonds is 5. The molecule has 1 saturated heterocycles. The number of urea groups is 1. The zero-order chi connectivity index (χ0) is 20.9. The SMILES string of the molecule is O=C1NC(=O)C(OC(=O)/C=C/c2ccccc2)(C(=O)NC2CCCCC2)C(=O)N1. The first-order valence-corrected chi connectivity index (χ1v) is 9.36. The lowest BCUT2D eigenvalue weighted by Crippen LogP contribution is -2.73. The average Bonchev–Trinajstić information content (AvgIpc) is 2.70. The fourth-order valence-corrected chi connectivity index (χ4v) is 3.31. The van der Waals surface area contributed by atoms with Gasteiger partial charge in [-0.1, -0.05) is 49.6 Å². The molecule has 0 radical (unpaired) electrons. The summed E-state index contributed by atoms with van der Waals surface area (Å²) in [6.07, 6.45) is 6.62. The molecule has 1 aromatic carbocycles. The molecule has 0 aromatic heterocycles. The van der Waals surface area contributed by atoms with Gasteiger partial charge in [0, 0.05) is 12.1 Å². The first kappa shape index (κ1) is 20.2. The molecule has 152 valence electrons. The van der Waals surface area contributed by atoms with Crippen molar-refractivity contribution in [2.45, 2.75) is 43.7 Å². The first-order valence-electron chi connectivity index (χ1n) is 9.36. The highest BCUT2D eigenvalue weighted by Crippen LogP contribution is 2.21. The summed E-state index contributed by atoms with van der Waals surface area (Å²) in [5, 5.41) is 6.26. The molecule has 0 bridgehead atoms. The number of imide groups is 2. The number of carbonyl (C=O) groups is 5. The van der Waals surface area contributed by atoms with Gasteiger partial charge < -0.3 is 10.1 Å². The summed E-state index contributed by atoms with van der Waals surface area (Å²) in [7, 11) is 0. The summed E-state index contributed by atoms with van der Waals surface area (Å²) in [4.78, 5) is 61.6. The van der Waals surface area contributed by atoms with Crippen LogP contribution in [-0.2, 0) is 23.9 Å². The van der Waals surface area contributed by atoms with Crippen LogP contribution in [-0.4, -0.2) is 41.4 Å². The molecule has 1 heterocycles. The molecule has 3 rings (SSSR count). The van der Waals surface area contributed by atoms with E-state index in [2.05, 4.69) is 5.32 Å². The molecule has 0 atom stereocenters. The van der Waals surface area contributed by atoms with Crippen molar-refractivity contribution < 1.29 is 28.7 Å². The Labute approximate surface area is 166 Å². The Morgan fingerprint density at radius 3 is 2.24 bits per heavy atom. The standard InChI is InChI=1S/C20H21N3O6/c24-15(12-11-13-7-3-1-4-8-13)29-20(17(26)22-19(28)23-18(20)27)16(25)21-14-9-5-2-6-10-14/h1,3-4,7-8,11-12,14H,2,5-6,9-10H2,(H,21,25)(H2,22,23,26,27,28)/b12-11+. The van der Waals surface area contributed by atoms with Crippen molar-refractivity contribution in [3.63, 3.8) is 0 Å². The van der Waals surface area contributed by atoms with E-state index in [1.165, 1.54) is 6.08 Å². The van der Waals surface area contributed by atoms with E-state index >= 15 is 0 Å². The number of benzene rings is 1. The van der Waals surface area contributed by atoms with Crippen molar-refractivity contribution in [3.8, 4) is 0 Å². The van der Waals surface area contributed by atoms with E-state index in [-0.39, 0.29) is 6.04 Å². The van der Waals surface area contributed by atoms with Crippen molar-refractivity contribution >= 4 is 35.8 Å². The van der Waals surface area contributed by atoms with Crippen LogP contribution in [0, 0.1) is 0 Å². The van der Waals surface area contributed by atoms with Crippen molar-refractivity contribution in [2.75, 3.05) is 0 Å². The second-order valence-electron chi connectivity index (χ2n) is 6.89. The molecule has 5 amide bonds. The minimum absolute atomic E-state index is 0.245. The maximum Gasteiger partial charge on any atom is 0.344 e. The summed E-state index contributed by atoms with van der Waals surface area (Å²) in [6, 6.07) is 7.45. The second kappa shape index (κ2) is 8.68. The van der Waals surface area contributed by atoms with Crippen molar-refractivity contribution in [1.29, 1.82) is 0 Å². The molecule has 2 aliphatic rings. The number of nitrogens with one attached hydrogen (secondary N) is 3. The first-order chi connectivity index (χ1) is 13.9. The van der Waals surface area contributed by atoms with Crippen molar-refractivity contribution in [1.82, 2.24) is 16.0 Å². The van der Waals surface area contributed by atoms with Gasteiger partial charge in [0.05, 0.1) is 0 Å². The Hall–Kier alpha value is -3.49. The van der Waals surface area contributed by atoms with Gasteiger partial charge in [-0.25, -0.2) is 9.59 Å². The van der Waals surface area contributed by atoms with Crippen LogP contribution in [0.3, 0.4) is 0 Å². The van der Waals surface area contributed by atoms with Crippen LogP contribution < -0.4 is 16.0 Å². The molecular formula is C20H21N3O6. The van der Waals surface area contributed by atoms with Crippen molar-refractivity contribution in [3.05, 3.63) is 42.0 Å². The van der Waals surface area contributed by atoms with Crippen LogP contribution >= 0.6 is 0 Å². The number of hydrogen-bond donors (Lipinski definition) is 3. The average molecular weight is 399 g/mol. The molecule has 0 spiro atoms. The van der Waals surface area contributed by atoms with E-state index in [0.717, 1.165) is 25.3 Å². The zero-order valence-electron chi connectivity index (χ0n) is 15.6. The van der Waals surface area contributed by atoms with E-state index in [1.807, 2.05) is 10.6 Å². The molecule has 2 fully saturated rings. The predicted octanol–water partition coefficient (Wildman–Crippen LogP) is 0.797. The zero-order valence-corrected chi connectivity index (χ0v) is 15.6. The highest BCUT2D eigenvalue weighted by atomic mass is 16.6. The van der Waals surface area contributed by atoms with E-state index in [4.69, 9.17) is 4.74 Å². The van der Waals surface area contributed by atoms with Gasteiger partial charge in [0.2, 0.25) is 0 Å². The Bertz CT molecular complexity index is 838. The third-order valence-corrected chi connectivity index (χ3v) is 4.82. The summed E-state index contributed by atoms with van der Waals surface area (Å²) in [5.41, 5.74) is -2.14. The van der Waals surface area contributed by atoms with Gasteiger partial charge in [0.15, 0.2) is 0 Å². The number of ether oxygens (including phenoxy) is 1. The van der Waals surface area contributed by atoms with E-state index in [9.17, 15) is 24.0 Å². The van der Waals surface area contributed by atoms with Gasteiger partial charge in [-0.2, -0.15) is 0 Å². The van der Waals surface area contributed by atoms with Gasteiger partial charge in [0.25, 0.3) is 17.7 Å². The monoisotopic (exact) mass is 399 g/mol. The lowest BCUT2D eigenvalue weighted by atomic mass is 9.93. The maximum absolute atomic E-state index is 12.9. The molecule has 1 aliphatic heterocycles. The summed E-state index contributed by atoms with van der Waals surface area (Å²) >= 11 is 0. The van der Waals surface area contributed by atoms with E-state index in [1.54, 1.807) is 30.3 Å². The minimum atomic E-state index is -2.82. The summed E-state index contributed by atoms with van der Waals surface area (Å²) < 4.78 is 5.06. The smallest absolute Gasteiger partial charge is 0.344 e. The molecule has 0 unspecified atom stereocenters. The molecule has 1 saturated carbocycles. The third-order valence-electron chi connectivity index (χ3n) is 4.82. The molecule has 1 aromatic rings. The number of hydrogen-bond acceptors (Lipinski definition) is 6. The highest BCUT2D eigenvalue weighted by Gasteiger charge is 2.60. The Balaban J connectivity index is 1.82. The van der Waals surface area contributed by atoms with E-state index < -0.39 is 35.3 Å². The molecule has 29 heavy (non-hydrogen) atoms. The van der Waals surface area contributed by atoms with Crippen LogP contribution in [0.2, 0.25) is 0 Å². The largest absolute Gasteiger partial charge is 0.425 e. The van der Waals surface area contributed by atoms with Crippen LogP contribution in [0.15, 0.2) is 36.4 Å². The van der Waals surface area contributed by atoms with Gasteiger partial charge in [0.1, 0.15) is 0 Å². The van der Waals surface area contributed by atoms with Crippen molar-refractivity contribution in [2.24, 2.45) is 0 Å². The molecular weight excluding hydrogens is 378 g/mol. The van der Waals surface area contributed by atoms with Crippen LogP contribution in [0.1, 0.15) is 37.7 Å². The minimum Gasteiger partial charge on any atom is -0.425 e. The number of carbonyl (C=O) groups excluding carboxylic acids is 5. The summed E-state index contributed by atoms with van der Waals surface area (Å²) in [5.74, 6) is -4.76. The number of amides is 5. The second-order valence-corrected chi connectivity index (χ2v) is 6.89.